The van der Waals surface area contributed by atoms with Crippen LogP contribution in [0, 0.1) is 17.5 Å². The molecule has 0 bridgehead atoms. The molecule has 2 unspecified atom stereocenters. The second kappa shape index (κ2) is 7.99. The number of halogens is 3. The SMILES string of the molecule is C[NH+](CCOc1cccc(F)c1)CC(O)c1c(F)cccc1F. The summed E-state index contributed by atoms with van der Waals surface area (Å²) < 4.78 is 45.6. The molecule has 0 heterocycles. The van der Waals surface area contributed by atoms with E-state index >= 15 is 0 Å². The number of aliphatic hydroxyl groups excluding tert-OH is 1. The molecule has 0 fully saturated rings. The molecule has 0 saturated carbocycles. The molecule has 2 aromatic carbocycles. The summed E-state index contributed by atoms with van der Waals surface area (Å²) in [5.41, 5.74) is -0.321. The van der Waals surface area contributed by atoms with Crippen LogP contribution in [-0.4, -0.2) is 31.9 Å². The highest BCUT2D eigenvalue weighted by Crippen LogP contribution is 2.19. The van der Waals surface area contributed by atoms with E-state index in [1.165, 1.54) is 18.2 Å². The fraction of sp³-hybridized carbons (Fsp3) is 0.294. The van der Waals surface area contributed by atoms with Crippen molar-refractivity contribution < 1.29 is 27.9 Å². The van der Waals surface area contributed by atoms with E-state index in [0.29, 0.717) is 18.9 Å². The van der Waals surface area contributed by atoms with Crippen molar-refractivity contribution in [3.63, 3.8) is 0 Å². The maximum atomic E-state index is 13.6. The van der Waals surface area contributed by atoms with Crippen LogP contribution in [0.3, 0.4) is 0 Å². The normalized spacial score (nSPS) is 13.6. The van der Waals surface area contributed by atoms with Gasteiger partial charge in [0.25, 0.3) is 0 Å². The van der Waals surface area contributed by atoms with E-state index in [2.05, 4.69) is 0 Å². The van der Waals surface area contributed by atoms with Gasteiger partial charge in [-0.2, -0.15) is 0 Å². The van der Waals surface area contributed by atoms with Crippen molar-refractivity contribution in [3.05, 3.63) is 65.5 Å². The lowest BCUT2D eigenvalue weighted by Gasteiger charge is -2.19. The van der Waals surface area contributed by atoms with Gasteiger partial charge in [0, 0.05) is 6.07 Å². The maximum Gasteiger partial charge on any atom is 0.137 e. The largest absolute Gasteiger partial charge is 0.488 e. The van der Waals surface area contributed by atoms with Gasteiger partial charge in [0.05, 0.1) is 12.6 Å². The minimum Gasteiger partial charge on any atom is -0.488 e. The average molecular weight is 326 g/mol. The van der Waals surface area contributed by atoms with Gasteiger partial charge in [0.1, 0.15) is 49.0 Å². The Morgan fingerprint density at radius 1 is 1.09 bits per heavy atom. The van der Waals surface area contributed by atoms with Crippen LogP contribution in [0.4, 0.5) is 13.2 Å². The molecule has 2 aromatic rings. The third-order valence-corrected chi connectivity index (χ3v) is 3.47. The number of benzene rings is 2. The summed E-state index contributed by atoms with van der Waals surface area (Å²) >= 11 is 0. The van der Waals surface area contributed by atoms with Crippen molar-refractivity contribution >= 4 is 0 Å². The zero-order valence-electron chi connectivity index (χ0n) is 12.7. The van der Waals surface area contributed by atoms with Crippen molar-refractivity contribution in [2.45, 2.75) is 6.10 Å². The Bertz CT molecular complexity index is 631. The average Bonchev–Trinajstić information content (AvgIpc) is 2.47. The molecule has 2 atom stereocenters. The maximum absolute atomic E-state index is 13.6. The zero-order chi connectivity index (χ0) is 16.8. The van der Waals surface area contributed by atoms with E-state index in [9.17, 15) is 18.3 Å². The lowest BCUT2D eigenvalue weighted by atomic mass is 10.1. The number of quaternary nitrogens is 1. The fourth-order valence-corrected chi connectivity index (χ4v) is 2.26. The summed E-state index contributed by atoms with van der Waals surface area (Å²) in [6.07, 6.45) is -1.25. The molecule has 0 saturated heterocycles. The van der Waals surface area contributed by atoms with Gasteiger partial charge >= 0.3 is 0 Å². The molecular formula is C17H19F3NO2+. The van der Waals surface area contributed by atoms with Gasteiger partial charge in [0.2, 0.25) is 0 Å². The predicted octanol–water partition coefficient (Wildman–Crippen LogP) is 1.73. The third-order valence-electron chi connectivity index (χ3n) is 3.47. The zero-order valence-corrected chi connectivity index (χ0v) is 12.7. The molecule has 124 valence electrons. The Hall–Kier alpha value is -2.05. The van der Waals surface area contributed by atoms with Crippen molar-refractivity contribution in [3.8, 4) is 5.75 Å². The van der Waals surface area contributed by atoms with Crippen molar-refractivity contribution in [2.24, 2.45) is 0 Å². The van der Waals surface area contributed by atoms with Crippen molar-refractivity contribution in [2.75, 3.05) is 26.7 Å². The van der Waals surface area contributed by atoms with E-state index in [4.69, 9.17) is 4.74 Å². The van der Waals surface area contributed by atoms with Crippen molar-refractivity contribution in [1.82, 2.24) is 0 Å². The standard InChI is InChI=1S/C17H18F3NO2/c1-21(8-9-23-13-5-2-4-12(18)10-13)11-16(22)17-14(19)6-3-7-15(17)20/h2-7,10,16,22H,8-9,11H2,1H3/p+1. The molecule has 2 N–H and O–H groups in total. The summed E-state index contributed by atoms with van der Waals surface area (Å²) in [7, 11) is 1.77. The minimum absolute atomic E-state index is 0.129. The molecule has 23 heavy (non-hydrogen) atoms. The number of aliphatic hydroxyl groups is 1. The van der Waals surface area contributed by atoms with Gasteiger partial charge in [-0.25, -0.2) is 13.2 Å². The van der Waals surface area contributed by atoms with Gasteiger partial charge in [-0.1, -0.05) is 12.1 Å². The van der Waals surface area contributed by atoms with Crippen LogP contribution >= 0.6 is 0 Å². The van der Waals surface area contributed by atoms with E-state index in [0.717, 1.165) is 17.0 Å². The smallest absolute Gasteiger partial charge is 0.137 e. The molecule has 0 aromatic heterocycles. The van der Waals surface area contributed by atoms with Crippen LogP contribution < -0.4 is 9.64 Å². The first kappa shape index (κ1) is 17.3. The molecule has 6 heteroatoms. The van der Waals surface area contributed by atoms with Gasteiger partial charge in [-0.3, -0.25) is 0 Å². The number of rotatable bonds is 7. The third kappa shape index (κ3) is 4.97. The number of ether oxygens (including phenoxy) is 1. The van der Waals surface area contributed by atoms with E-state index in [1.54, 1.807) is 19.2 Å². The fourth-order valence-electron chi connectivity index (χ4n) is 2.26. The van der Waals surface area contributed by atoms with Crippen LogP contribution in [-0.2, 0) is 0 Å². The minimum atomic E-state index is -1.25. The summed E-state index contributed by atoms with van der Waals surface area (Å²) in [5.74, 6) is -1.49. The molecule has 0 amide bonds. The Morgan fingerprint density at radius 3 is 2.39 bits per heavy atom. The van der Waals surface area contributed by atoms with Gasteiger partial charge in [0.15, 0.2) is 0 Å². The van der Waals surface area contributed by atoms with Crippen LogP contribution in [0.25, 0.3) is 0 Å². The Morgan fingerprint density at radius 2 is 1.74 bits per heavy atom. The lowest BCUT2D eigenvalue weighted by Crippen LogP contribution is -3.10. The first-order valence-electron chi connectivity index (χ1n) is 7.29. The van der Waals surface area contributed by atoms with Gasteiger partial charge in [-0.05, 0) is 24.3 Å². The summed E-state index contributed by atoms with van der Waals surface area (Å²) in [6.45, 7) is 0.912. The van der Waals surface area contributed by atoms with Crippen LogP contribution in [0.1, 0.15) is 11.7 Å². The second-order valence-corrected chi connectivity index (χ2v) is 5.37. The summed E-state index contributed by atoms with van der Waals surface area (Å²) in [4.78, 5) is 0.830. The monoisotopic (exact) mass is 326 g/mol. The molecule has 2 rings (SSSR count). The van der Waals surface area contributed by atoms with Crippen molar-refractivity contribution in [1.29, 1.82) is 0 Å². The van der Waals surface area contributed by atoms with Crippen LogP contribution in [0.15, 0.2) is 42.5 Å². The molecule has 0 aliphatic heterocycles. The van der Waals surface area contributed by atoms with Crippen LogP contribution in [0.5, 0.6) is 5.75 Å². The second-order valence-electron chi connectivity index (χ2n) is 5.37. The Labute approximate surface area is 132 Å². The number of hydrogen-bond acceptors (Lipinski definition) is 2. The van der Waals surface area contributed by atoms with E-state index in [1.807, 2.05) is 0 Å². The van der Waals surface area contributed by atoms with Gasteiger partial charge < -0.3 is 14.7 Å². The van der Waals surface area contributed by atoms with Crippen LogP contribution in [0.2, 0.25) is 0 Å². The van der Waals surface area contributed by atoms with Gasteiger partial charge in [-0.15, -0.1) is 0 Å². The molecule has 0 spiro atoms. The molecule has 3 nitrogen and oxygen atoms in total. The number of hydrogen-bond donors (Lipinski definition) is 2. The topological polar surface area (TPSA) is 33.9 Å². The molecule has 0 aliphatic carbocycles. The first-order chi connectivity index (χ1) is 11.0. The molecule has 0 radical (unpaired) electrons. The Kier molecular flexibility index (Phi) is 6.01. The first-order valence-corrected chi connectivity index (χ1v) is 7.29. The van der Waals surface area contributed by atoms with E-state index < -0.39 is 17.7 Å². The molecule has 0 aliphatic rings. The molecular weight excluding hydrogens is 307 g/mol. The Balaban J connectivity index is 1.83. The predicted molar refractivity (Wildman–Crippen MR) is 79.8 cm³/mol. The highest BCUT2D eigenvalue weighted by molar-refractivity contribution is 5.22. The highest BCUT2D eigenvalue weighted by atomic mass is 19.1. The quantitative estimate of drug-likeness (QED) is 0.813. The number of nitrogens with one attached hydrogen (secondary N) is 1. The highest BCUT2D eigenvalue weighted by Gasteiger charge is 2.21. The number of likely N-dealkylation sites (N-methyl/N-ethyl adjacent to an activating group) is 1. The lowest BCUT2D eigenvalue weighted by molar-refractivity contribution is -0.883. The summed E-state index contributed by atoms with van der Waals surface area (Å²) in [5, 5.41) is 10.0. The van der Waals surface area contributed by atoms with E-state index in [-0.39, 0.29) is 17.9 Å². The summed E-state index contributed by atoms with van der Waals surface area (Å²) in [6, 6.07) is 9.27.